The van der Waals surface area contributed by atoms with Crippen molar-refractivity contribution in [2.45, 2.75) is 38.8 Å². The van der Waals surface area contributed by atoms with Crippen molar-refractivity contribution in [3.05, 3.63) is 0 Å². The van der Waals surface area contributed by atoms with E-state index in [9.17, 15) is 19.2 Å². The van der Waals surface area contributed by atoms with Crippen LogP contribution in [0.15, 0.2) is 0 Å². The molecule has 1 fully saturated rings. The lowest BCUT2D eigenvalue weighted by atomic mass is 10.1. The Labute approximate surface area is 116 Å². The number of carboxylic acid groups (broad SMARTS) is 1. The van der Waals surface area contributed by atoms with Crippen molar-refractivity contribution in [2.24, 2.45) is 11.7 Å². The Morgan fingerprint density at radius 3 is 2.45 bits per heavy atom. The van der Waals surface area contributed by atoms with E-state index in [-0.39, 0.29) is 24.9 Å². The number of rotatable bonds is 6. The summed E-state index contributed by atoms with van der Waals surface area (Å²) in [4.78, 5) is 46.9. The van der Waals surface area contributed by atoms with E-state index in [1.165, 1.54) is 0 Å². The summed E-state index contributed by atoms with van der Waals surface area (Å²) in [7, 11) is 0. The van der Waals surface area contributed by atoms with Gasteiger partial charge in [-0.05, 0) is 13.8 Å². The average molecular weight is 285 g/mol. The highest BCUT2D eigenvalue weighted by atomic mass is 16.4. The topological polar surface area (TPSA) is 130 Å². The van der Waals surface area contributed by atoms with Crippen LogP contribution in [0.2, 0.25) is 0 Å². The highest BCUT2D eigenvalue weighted by Gasteiger charge is 2.36. The number of nitrogens with zero attached hydrogens (tertiary/aromatic N) is 1. The SMILES string of the molecule is CC(C)N1CC(C(=O)N[C@H](CC(N)=O)C(=O)O)CC1=O. The minimum absolute atomic E-state index is 0.0128. The molecule has 0 aromatic heterocycles. The zero-order valence-corrected chi connectivity index (χ0v) is 11.5. The normalized spacial score (nSPS) is 20.1. The number of hydrogen-bond acceptors (Lipinski definition) is 4. The van der Waals surface area contributed by atoms with E-state index >= 15 is 0 Å². The highest BCUT2D eigenvalue weighted by molar-refractivity contribution is 5.92. The Kier molecular flexibility index (Phi) is 5.06. The van der Waals surface area contributed by atoms with Crippen molar-refractivity contribution in [1.29, 1.82) is 0 Å². The fraction of sp³-hybridized carbons (Fsp3) is 0.667. The Morgan fingerprint density at radius 1 is 1.45 bits per heavy atom. The molecule has 1 rings (SSSR count). The average Bonchev–Trinajstić information content (AvgIpc) is 2.69. The predicted molar refractivity (Wildman–Crippen MR) is 68.3 cm³/mol. The molecule has 112 valence electrons. The van der Waals surface area contributed by atoms with Gasteiger partial charge in [-0.2, -0.15) is 0 Å². The lowest BCUT2D eigenvalue weighted by Gasteiger charge is -2.21. The van der Waals surface area contributed by atoms with Crippen LogP contribution in [0.4, 0.5) is 0 Å². The maximum absolute atomic E-state index is 11.9. The van der Waals surface area contributed by atoms with Crippen LogP contribution in [0, 0.1) is 5.92 Å². The van der Waals surface area contributed by atoms with E-state index in [1.807, 2.05) is 13.8 Å². The van der Waals surface area contributed by atoms with Crippen LogP contribution in [0.5, 0.6) is 0 Å². The number of amides is 3. The molecular weight excluding hydrogens is 266 g/mol. The zero-order chi connectivity index (χ0) is 15.4. The summed E-state index contributed by atoms with van der Waals surface area (Å²) >= 11 is 0. The van der Waals surface area contributed by atoms with Gasteiger partial charge in [0.05, 0.1) is 12.3 Å². The monoisotopic (exact) mass is 285 g/mol. The lowest BCUT2D eigenvalue weighted by Crippen LogP contribution is -2.46. The molecule has 0 aromatic carbocycles. The van der Waals surface area contributed by atoms with Gasteiger partial charge in [0.1, 0.15) is 6.04 Å². The van der Waals surface area contributed by atoms with Crippen LogP contribution in [0.25, 0.3) is 0 Å². The summed E-state index contributed by atoms with van der Waals surface area (Å²) < 4.78 is 0. The van der Waals surface area contributed by atoms with Gasteiger partial charge in [-0.25, -0.2) is 4.79 Å². The largest absolute Gasteiger partial charge is 0.480 e. The molecule has 0 aliphatic carbocycles. The molecule has 2 atom stereocenters. The van der Waals surface area contributed by atoms with Gasteiger partial charge in [0.2, 0.25) is 17.7 Å². The number of carbonyl (C=O) groups excluding carboxylic acids is 3. The molecule has 20 heavy (non-hydrogen) atoms. The molecule has 0 bridgehead atoms. The molecule has 1 unspecified atom stereocenters. The predicted octanol–water partition coefficient (Wildman–Crippen LogP) is -1.31. The first kappa shape index (κ1) is 15.9. The van der Waals surface area contributed by atoms with Crippen LogP contribution in [0.3, 0.4) is 0 Å². The fourth-order valence-corrected chi connectivity index (χ4v) is 2.10. The quantitative estimate of drug-likeness (QED) is 0.557. The molecule has 4 N–H and O–H groups in total. The van der Waals surface area contributed by atoms with Gasteiger partial charge in [-0.15, -0.1) is 0 Å². The summed E-state index contributed by atoms with van der Waals surface area (Å²) in [6.07, 6.45) is -0.428. The number of aliphatic carboxylic acids is 1. The molecule has 1 saturated heterocycles. The second-order valence-electron chi connectivity index (χ2n) is 5.11. The summed E-state index contributed by atoms with van der Waals surface area (Å²) in [6, 6.07) is -1.37. The zero-order valence-electron chi connectivity index (χ0n) is 11.5. The van der Waals surface area contributed by atoms with Crippen molar-refractivity contribution >= 4 is 23.7 Å². The molecule has 1 heterocycles. The molecule has 1 aliphatic heterocycles. The lowest BCUT2D eigenvalue weighted by molar-refractivity contribution is -0.143. The summed E-state index contributed by atoms with van der Waals surface area (Å²) in [5, 5.41) is 11.2. The van der Waals surface area contributed by atoms with Gasteiger partial charge >= 0.3 is 5.97 Å². The highest BCUT2D eigenvalue weighted by Crippen LogP contribution is 2.20. The van der Waals surface area contributed by atoms with E-state index in [4.69, 9.17) is 10.8 Å². The van der Waals surface area contributed by atoms with Gasteiger partial charge in [0.15, 0.2) is 0 Å². The van der Waals surface area contributed by atoms with Crippen LogP contribution < -0.4 is 11.1 Å². The molecule has 0 saturated carbocycles. The Bertz CT molecular complexity index is 435. The van der Waals surface area contributed by atoms with E-state index in [0.717, 1.165) is 0 Å². The molecule has 8 nitrogen and oxygen atoms in total. The van der Waals surface area contributed by atoms with Crippen LogP contribution in [-0.4, -0.2) is 52.3 Å². The Balaban J connectivity index is 2.64. The first-order valence-corrected chi connectivity index (χ1v) is 6.33. The third-order valence-corrected chi connectivity index (χ3v) is 3.17. The van der Waals surface area contributed by atoms with E-state index in [1.54, 1.807) is 4.90 Å². The van der Waals surface area contributed by atoms with E-state index < -0.39 is 36.2 Å². The number of carbonyl (C=O) groups is 4. The third-order valence-electron chi connectivity index (χ3n) is 3.17. The fourth-order valence-electron chi connectivity index (χ4n) is 2.10. The molecular formula is C12H19N3O5. The third kappa shape index (κ3) is 3.94. The number of nitrogens with two attached hydrogens (primary N) is 1. The minimum Gasteiger partial charge on any atom is -0.480 e. The Morgan fingerprint density at radius 2 is 2.05 bits per heavy atom. The van der Waals surface area contributed by atoms with Crippen LogP contribution in [-0.2, 0) is 19.2 Å². The molecule has 0 aromatic rings. The van der Waals surface area contributed by atoms with Gasteiger partial charge in [-0.3, -0.25) is 14.4 Å². The van der Waals surface area contributed by atoms with Crippen molar-refractivity contribution in [3.8, 4) is 0 Å². The summed E-state index contributed by atoms with van der Waals surface area (Å²) in [5.41, 5.74) is 4.93. The van der Waals surface area contributed by atoms with Crippen molar-refractivity contribution in [3.63, 3.8) is 0 Å². The van der Waals surface area contributed by atoms with Gasteiger partial charge < -0.3 is 21.1 Å². The number of hydrogen-bond donors (Lipinski definition) is 3. The van der Waals surface area contributed by atoms with Gasteiger partial charge in [-0.1, -0.05) is 0 Å². The molecule has 0 radical (unpaired) electrons. The second kappa shape index (κ2) is 6.36. The van der Waals surface area contributed by atoms with Crippen molar-refractivity contribution in [1.82, 2.24) is 10.2 Å². The maximum atomic E-state index is 11.9. The first-order chi connectivity index (χ1) is 9.22. The number of nitrogens with one attached hydrogen (secondary N) is 1. The summed E-state index contributed by atoms with van der Waals surface area (Å²) in [6.45, 7) is 3.93. The molecule has 1 aliphatic rings. The van der Waals surface area contributed by atoms with E-state index in [2.05, 4.69) is 5.32 Å². The van der Waals surface area contributed by atoms with Gasteiger partial charge in [0.25, 0.3) is 0 Å². The standard InChI is InChI=1S/C12H19N3O5/c1-6(2)15-5-7(3-10(15)17)11(18)14-8(12(19)20)4-9(13)16/h6-8H,3-5H2,1-2H3,(H2,13,16)(H,14,18)(H,19,20)/t7?,8-/m1/s1. The van der Waals surface area contributed by atoms with Crippen LogP contribution in [0.1, 0.15) is 26.7 Å². The number of primary amides is 1. The minimum atomic E-state index is -1.36. The maximum Gasteiger partial charge on any atom is 0.326 e. The van der Waals surface area contributed by atoms with Crippen molar-refractivity contribution in [2.75, 3.05) is 6.54 Å². The van der Waals surface area contributed by atoms with Crippen LogP contribution >= 0.6 is 0 Å². The van der Waals surface area contributed by atoms with Crippen molar-refractivity contribution < 1.29 is 24.3 Å². The first-order valence-electron chi connectivity index (χ1n) is 6.33. The molecule has 0 spiro atoms. The van der Waals surface area contributed by atoms with Gasteiger partial charge in [0, 0.05) is 19.0 Å². The number of carboxylic acids is 1. The number of likely N-dealkylation sites (tertiary alicyclic amines) is 1. The van der Waals surface area contributed by atoms with E-state index in [0.29, 0.717) is 0 Å². The molecule has 3 amide bonds. The smallest absolute Gasteiger partial charge is 0.326 e. The summed E-state index contributed by atoms with van der Waals surface area (Å²) in [5.74, 6) is -3.43. The second-order valence-corrected chi connectivity index (χ2v) is 5.11. The molecule has 8 heteroatoms. The Hall–Kier alpha value is -2.12.